The van der Waals surface area contributed by atoms with Gasteiger partial charge in [-0.3, -0.25) is 4.79 Å². The van der Waals surface area contributed by atoms with E-state index in [9.17, 15) is 13.2 Å². The van der Waals surface area contributed by atoms with Gasteiger partial charge in [-0.15, -0.1) is 12.4 Å². The second-order valence-corrected chi connectivity index (χ2v) is 7.53. The van der Waals surface area contributed by atoms with Crippen LogP contribution in [-0.4, -0.2) is 45.2 Å². The lowest BCUT2D eigenvalue weighted by atomic mass is 9.98. The molecule has 1 saturated carbocycles. The number of aromatic nitrogens is 1. The standard InChI is InChI=1S/C14H24N4O4S.ClH/c1-10-12(11(2)22-17-10)23(20,21)18-14(6-4-5-7-14)13(19)16-9-8-15-3;/h15,18H,4-9H2,1-3H3,(H,16,19);1H. The van der Waals surface area contributed by atoms with Gasteiger partial charge >= 0.3 is 0 Å². The number of likely N-dealkylation sites (N-methyl/N-ethyl adjacent to an activating group) is 1. The number of carbonyl (C=O) groups excluding carboxylic acids is 1. The van der Waals surface area contributed by atoms with Gasteiger partial charge in [0.05, 0.1) is 0 Å². The first kappa shape index (κ1) is 20.9. The zero-order valence-corrected chi connectivity index (χ0v) is 15.8. The summed E-state index contributed by atoms with van der Waals surface area (Å²) in [5.41, 5.74) is -0.804. The average molecular weight is 381 g/mol. The molecule has 0 atom stereocenters. The quantitative estimate of drug-likeness (QED) is 0.598. The number of amides is 1. The summed E-state index contributed by atoms with van der Waals surface area (Å²) in [7, 11) is -2.09. The summed E-state index contributed by atoms with van der Waals surface area (Å²) >= 11 is 0. The van der Waals surface area contributed by atoms with Crippen molar-refractivity contribution >= 4 is 28.3 Å². The second kappa shape index (κ2) is 8.28. The Balaban J connectivity index is 0.00000288. The molecule has 0 bridgehead atoms. The molecule has 10 heteroatoms. The van der Waals surface area contributed by atoms with Gasteiger partial charge in [0.2, 0.25) is 15.9 Å². The first-order chi connectivity index (χ1) is 10.8. The zero-order valence-electron chi connectivity index (χ0n) is 14.1. The molecule has 0 saturated heterocycles. The molecular weight excluding hydrogens is 356 g/mol. The van der Waals surface area contributed by atoms with E-state index in [0.29, 0.717) is 31.6 Å². The maximum Gasteiger partial charge on any atom is 0.246 e. The third-order valence-corrected chi connectivity index (χ3v) is 5.90. The smallest absolute Gasteiger partial charge is 0.246 e. The van der Waals surface area contributed by atoms with Crippen LogP contribution in [0.15, 0.2) is 9.42 Å². The summed E-state index contributed by atoms with van der Waals surface area (Å²) in [4.78, 5) is 12.6. The number of hydrogen-bond donors (Lipinski definition) is 3. The Bertz CT molecular complexity index is 649. The van der Waals surface area contributed by atoms with Crippen molar-refractivity contribution in [2.24, 2.45) is 0 Å². The van der Waals surface area contributed by atoms with Crippen LogP contribution in [0.4, 0.5) is 0 Å². The maximum absolute atomic E-state index is 12.7. The van der Waals surface area contributed by atoms with Crippen LogP contribution >= 0.6 is 12.4 Å². The predicted molar refractivity (Wildman–Crippen MR) is 91.7 cm³/mol. The molecule has 1 aliphatic rings. The highest BCUT2D eigenvalue weighted by molar-refractivity contribution is 7.89. The highest BCUT2D eigenvalue weighted by Crippen LogP contribution is 2.32. The molecule has 1 fully saturated rings. The van der Waals surface area contributed by atoms with Crippen molar-refractivity contribution in [3.63, 3.8) is 0 Å². The molecule has 24 heavy (non-hydrogen) atoms. The number of nitrogens with zero attached hydrogens (tertiary/aromatic N) is 1. The molecule has 1 aliphatic carbocycles. The van der Waals surface area contributed by atoms with E-state index in [-0.39, 0.29) is 29.0 Å². The largest absolute Gasteiger partial charge is 0.360 e. The molecule has 3 N–H and O–H groups in total. The third-order valence-electron chi connectivity index (χ3n) is 4.12. The Labute approximate surface area is 148 Å². The molecule has 0 spiro atoms. The molecule has 0 radical (unpaired) electrons. The normalized spacial score (nSPS) is 16.6. The monoisotopic (exact) mass is 380 g/mol. The van der Waals surface area contributed by atoms with E-state index in [4.69, 9.17) is 4.52 Å². The minimum atomic E-state index is -3.88. The van der Waals surface area contributed by atoms with Gasteiger partial charge in [-0.25, -0.2) is 8.42 Å². The van der Waals surface area contributed by atoms with Gasteiger partial charge in [0.25, 0.3) is 0 Å². The van der Waals surface area contributed by atoms with E-state index in [1.807, 2.05) is 0 Å². The number of sulfonamides is 1. The van der Waals surface area contributed by atoms with Crippen molar-refractivity contribution in [3.8, 4) is 0 Å². The number of rotatable bonds is 7. The van der Waals surface area contributed by atoms with Crippen LogP contribution < -0.4 is 15.4 Å². The minimum Gasteiger partial charge on any atom is -0.360 e. The SMILES string of the molecule is CNCCNC(=O)C1(NS(=O)(=O)c2c(C)noc2C)CCCC1.Cl. The van der Waals surface area contributed by atoms with E-state index in [1.165, 1.54) is 0 Å². The Hall–Kier alpha value is -1.16. The summed E-state index contributed by atoms with van der Waals surface area (Å²) in [6, 6.07) is 0. The first-order valence-corrected chi connectivity index (χ1v) is 9.20. The lowest BCUT2D eigenvalue weighted by Gasteiger charge is -2.28. The summed E-state index contributed by atoms with van der Waals surface area (Å²) in [5.74, 6) is -0.0562. The van der Waals surface area contributed by atoms with Gasteiger partial charge in [-0.2, -0.15) is 4.72 Å². The van der Waals surface area contributed by atoms with Crippen molar-refractivity contribution < 1.29 is 17.7 Å². The van der Waals surface area contributed by atoms with Crippen molar-refractivity contribution in [2.75, 3.05) is 20.1 Å². The van der Waals surface area contributed by atoms with Crippen LogP contribution in [0, 0.1) is 13.8 Å². The van der Waals surface area contributed by atoms with Crippen molar-refractivity contribution in [3.05, 3.63) is 11.5 Å². The molecule has 1 aromatic rings. The highest BCUT2D eigenvalue weighted by Gasteiger charge is 2.45. The number of carbonyl (C=O) groups is 1. The fraction of sp³-hybridized carbons (Fsp3) is 0.714. The van der Waals surface area contributed by atoms with E-state index >= 15 is 0 Å². The molecular formula is C14H25ClN4O4S. The molecule has 1 aromatic heterocycles. The maximum atomic E-state index is 12.7. The molecule has 0 aliphatic heterocycles. The van der Waals surface area contributed by atoms with Crippen LogP contribution in [-0.2, 0) is 14.8 Å². The molecule has 1 heterocycles. The fourth-order valence-electron chi connectivity index (χ4n) is 2.99. The Morgan fingerprint density at radius 3 is 2.38 bits per heavy atom. The van der Waals surface area contributed by atoms with Gasteiger partial charge < -0.3 is 15.2 Å². The molecule has 0 aromatic carbocycles. The van der Waals surface area contributed by atoms with E-state index in [0.717, 1.165) is 12.8 Å². The van der Waals surface area contributed by atoms with E-state index in [1.54, 1.807) is 20.9 Å². The van der Waals surface area contributed by atoms with Crippen LogP contribution in [0.5, 0.6) is 0 Å². The lowest BCUT2D eigenvalue weighted by molar-refractivity contribution is -0.126. The van der Waals surface area contributed by atoms with Crippen LogP contribution in [0.25, 0.3) is 0 Å². The highest BCUT2D eigenvalue weighted by atomic mass is 35.5. The molecule has 0 unspecified atom stereocenters. The van der Waals surface area contributed by atoms with Crippen LogP contribution in [0.3, 0.4) is 0 Å². The summed E-state index contributed by atoms with van der Waals surface area (Å²) in [5, 5.41) is 9.42. The van der Waals surface area contributed by atoms with Crippen molar-refractivity contribution in [2.45, 2.75) is 50.0 Å². The van der Waals surface area contributed by atoms with Gasteiger partial charge in [0, 0.05) is 13.1 Å². The van der Waals surface area contributed by atoms with Crippen molar-refractivity contribution in [1.82, 2.24) is 20.5 Å². The fourth-order valence-corrected chi connectivity index (χ4v) is 4.75. The molecule has 1 amide bonds. The number of halogens is 1. The summed E-state index contributed by atoms with van der Waals surface area (Å²) in [6.45, 7) is 4.19. The van der Waals surface area contributed by atoms with E-state index < -0.39 is 15.6 Å². The molecule has 8 nitrogen and oxygen atoms in total. The lowest BCUT2D eigenvalue weighted by Crippen LogP contribution is -2.57. The topological polar surface area (TPSA) is 113 Å². The number of nitrogens with one attached hydrogen (secondary N) is 3. The number of aryl methyl sites for hydroxylation is 2. The molecule has 138 valence electrons. The van der Waals surface area contributed by atoms with Gasteiger partial charge in [0.1, 0.15) is 16.1 Å². The van der Waals surface area contributed by atoms with Gasteiger partial charge in [-0.05, 0) is 33.7 Å². The van der Waals surface area contributed by atoms with E-state index in [2.05, 4.69) is 20.5 Å². The average Bonchev–Trinajstić information content (AvgIpc) is 3.06. The van der Waals surface area contributed by atoms with Crippen molar-refractivity contribution in [1.29, 1.82) is 0 Å². The van der Waals surface area contributed by atoms with Crippen LogP contribution in [0.1, 0.15) is 37.1 Å². The number of hydrogen-bond acceptors (Lipinski definition) is 6. The van der Waals surface area contributed by atoms with Crippen LogP contribution in [0.2, 0.25) is 0 Å². The molecule has 2 rings (SSSR count). The van der Waals surface area contributed by atoms with Gasteiger partial charge in [0.15, 0.2) is 5.76 Å². The summed E-state index contributed by atoms with van der Waals surface area (Å²) in [6.07, 6.45) is 2.59. The Morgan fingerprint density at radius 1 is 1.25 bits per heavy atom. The van der Waals surface area contributed by atoms with Gasteiger partial charge in [-0.1, -0.05) is 18.0 Å². The first-order valence-electron chi connectivity index (χ1n) is 7.72. The third kappa shape index (κ3) is 4.27. The second-order valence-electron chi connectivity index (χ2n) is 5.91. The summed E-state index contributed by atoms with van der Waals surface area (Å²) < 4.78 is 33.0. The Kier molecular flexibility index (Phi) is 7.21. The Morgan fingerprint density at radius 2 is 1.88 bits per heavy atom. The predicted octanol–water partition coefficient (Wildman–Crippen LogP) is 0.640. The zero-order chi connectivity index (χ0) is 17.1. The minimum absolute atomic E-state index is 0.